The first kappa shape index (κ1) is 11.5. The SMILES string of the molecule is [2H]C([2H])([2H])c1cccc(C)c1N(C(=O)CCC(C)C)C(C)C. The van der Waals surface area contributed by atoms with Gasteiger partial charge in [-0.3, -0.25) is 4.79 Å². The maximum atomic E-state index is 12.7. The molecule has 1 aromatic carbocycles. The van der Waals surface area contributed by atoms with E-state index in [2.05, 4.69) is 13.8 Å². The molecule has 0 saturated heterocycles. The van der Waals surface area contributed by atoms with Crippen LogP contribution in [0.1, 0.15) is 55.8 Å². The number of nitrogens with zero attached hydrogens (tertiary/aromatic N) is 1. The molecule has 2 nitrogen and oxygen atoms in total. The van der Waals surface area contributed by atoms with Crippen LogP contribution in [0.3, 0.4) is 0 Å². The second-order valence-electron chi connectivity index (χ2n) is 5.76. The summed E-state index contributed by atoms with van der Waals surface area (Å²) in [6.45, 7) is 7.62. The van der Waals surface area contributed by atoms with Crippen molar-refractivity contribution >= 4 is 11.6 Å². The molecule has 1 aromatic rings. The Morgan fingerprint density at radius 2 is 1.89 bits per heavy atom. The Hall–Kier alpha value is -1.31. The highest BCUT2D eigenvalue weighted by atomic mass is 16.2. The zero-order chi connectivity index (χ0) is 17.1. The summed E-state index contributed by atoms with van der Waals surface area (Å²) < 4.78 is 23.3. The number of benzene rings is 1. The van der Waals surface area contributed by atoms with Crippen molar-refractivity contribution in [3.05, 3.63) is 29.3 Å². The minimum atomic E-state index is -2.23. The van der Waals surface area contributed by atoms with Crippen LogP contribution in [-0.4, -0.2) is 11.9 Å². The van der Waals surface area contributed by atoms with Gasteiger partial charge in [-0.15, -0.1) is 0 Å². The van der Waals surface area contributed by atoms with Crippen molar-refractivity contribution in [3.8, 4) is 0 Å². The van der Waals surface area contributed by atoms with Crippen molar-refractivity contribution in [2.45, 2.75) is 60.4 Å². The van der Waals surface area contributed by atoms with E-state index in [-0.39, 0.29) is 17.5 Å². The van der Waals surface area contributed by atoms with Crippen LogP contribution in [0.4, 0.5) is 5.69 Å². The van der Waals surface area contributed by atoms with Crippen LogP contribution in [0.15, 0.2) is 18.2 Å². The van der Waals surface area contributed by atoms with E-state index in [4.69, 9.17) is 4.11 Å². The number of aryl methyl sites for hydroxylation is 2. The third kappa shape index (κ3) is 4.09. The lowest BCUT2D eigenvalue weighted by Gasteiger charge is -2.30. The normalized spacial score (nSPS) is 14.2. The molecule has 0 heterocycles. The zero-order valence-corrected chi connectivity index (χ0v) is 12.7. The van der Waals surface area contributed by atoms with Crippen molar-refractivity contribution in [2.24, 2.45) is 5.92 Å². The van der Waals surface area contributed by atoms with Crippen molar-refractivity contribution in [3.63, 3.8) is 0 Å². The maximum Gasteiger partial charge on any atom is 0.227 e. The molecule has 0 saturated carbocycles. The zero-order valence-electron chi connectivity index (χ0n) is 15.7. The van der Waals surface area contributed by atoms with Gasteiger partial charge < -0.3 is 4.90 Å². The van der Waals surface area contributed by atoms with E-state index in [1.165, 1.54) is 0 Å². The lowest BCUT2D eigenvalue weighted by Crippen LogP contribution is -2.38. The first-order valence-corrected chi connectivity index (χ1v) is 6.97. The van der Waals surface area contributed by atoms with E-state index in [1.54, 1.807) is 17.0 Å². The van der Waals surface area contributed by atoms with Gasteiger partial charge in [-0.25, -0.2) is 0 Å². The molecular formula is C17H27NO. The quantitative estimate of drug-likeness (QED) is 0.767. The Bertz CT molecular complexity index is 521. The molecule has 0 spiro atoms. The highest BCUT2D eigenvalue weighted by molar-refractivity contribution is 5.95. The fraction of sp³-hybridized carbons (Fsp3) is 0.588. The van der Waals surface area contributed by atoms with Crippen molar-refractivity contribution < 1.29 is 8.91 Å². The standard InChI is InChI=1S/C17H27NO/c1-12(2)10-11-16(19)18(13(3)4)17-14(5)8-7-9-15(17)6/h7-9,12-13H,10-11H2,1-6H3/i5D3. The van der Waals surface area contributed by atoms with Crippen LogP contribution in [0.2, 0.25) is 0 Å². The summed E-state index contributed by atoms with van der Waals surface area (Å²) >= 11 is 0. The second-order valence-corrected chi connectivity index (χ2v) is 5.76. The molecule has 0 bridgehead atoms. The number of hydrogen-bond donors (Lipinski definition) is 0. The first-order chi connectivity index (χ1) is 10.1. The number of hydrogen-bond acceptors (Lipinski definition) is 1. The van der Waals surface area contributed by atoms with Gasteiger partial charge in [0.1, 0.15) is 0 Å². The third-order valence-electron chi connectivity index (χ3n) is 3.20. The van der Waals surface area contributed by atoms with Crippen LogP contribution < -0.4 is 4.90 Å². The van der Waals surface area contributed by atoms with E-state index in [0.29, 0.717) is 18.0 Å². The molecule has 0 unspecified atom stereocenters. The van der Waals surface area contributed by atoms with E-state index in [1.807, 2.05) is 26.8 Å². The summed E-state index contributed by atoms with van der Waals surface area (Å²) in [7, 11) is 0. The summed E-state index contributed by atoms with van der Waals surface area (Å²) in [5.41, 5.74) is 1.62. The average Bonchev–Trinajstić information content (AvgIpc) is 2.36. The van der Waals surface area contributed by atoms with Crippen LogP contribution in [0, 0.1) is 19.7 Å². The molecule has 1 amide bonds. The average molecular weight is 264 g/mol. The Morgan fingerprint density at radius 3 is 2.42 bits per heavy atom. The molecule has 0 N–H and O–H groups in total. The van der Waals surface area contributed by atoms with E-state index in [9.17, 15) is 4.79 Å². The molecule has 0 atom stereocenters. The predicted molar refractivity (Wildman–Crippen MR) is 82.6 cm³/mol. The summed E-state index contributed by atoms with van der Waals surface area (Å²) in [4.78, 5) is 14.3. The number of para-hydroxylation sites is 1. The first-order valence-electron chi connectivity index (χ1n) is 8.47. The van der Waals surface area contributed by atoms with Crippen LogP contribution in [0.25, 0.3) is 0 Å². The molecule has 0 aliphatic heterocycles. The number of carbonyl (C=O) groups is 1. The summed E-state index contributed by atoms with van der Waals surface area (Å²) in [6.07, 6.45) is 1.24. The van der Waals surface area contributed by atoms with Crippen LogP contribution >= 0.6 is 0 Å². The molecule has 0 radical (unpaired) electrons. The van der Waals surface area contributed by atoms with Gasteiger partial charge in [-0.2, -0.15) is 0 Å². The highest BCUT2D eigenvalue weighted by Crippen LogP contribution is 2.27. The lowest BCUT2D eigenvalue weighted by atomic mass is 10.0. The molecule has 106 valence electrons. The Kier molecular flexibility index (Phi) is 4.08. The number of carbonyl (C=O) groups excluding carboxylic acids is 1. The third-order valence-corrected chi connectivity index (χ3v) is 3.20. The van der Waals surface area contributed by atoms with Gasteiger partial charge >= 0.3 is 0 Å². The Balaban J connectivity index is 3.30. The minimum absolute atomic E-state index is 0.0106. The second kappa shape index (κ2) is 6.74. The summed E-state index contributed by atoms with van der Waals surface area (Å²) in [5, 5.41) is 0. The Labute approximate surface area is 122 Å². The van der Waals surface area contributed by atoms with Crippen molar-refractivity contribution in [1.82, 2.24) is 0 Å². The monoisotopic (exact) mass is 264 g/mol. The van der Waals surface area contributed by atoms with E-state index >= 15 is 0 Å². The van der Waals surface area contributed by atoms with Crippen molar-refractivity contribution in [2.75, 3.05) is 4.90 Å². The summed E-state index contributed by atoms with van der Waals surface area (Å²) in [5.74, 6) is 0.431. The Morgan fingerprint density at radius 1 is 1.26 bits per heavy atom. The molecule has 0 aliphatic carbocycles. The highest BCUT2D eigenvalue weighted by Gasteiger charge is 2.21. The number of anilines is 1. The fourth-order valence-corrected chi connectivity index (χ4v) is 2.18. The molecule has 0 aliphatic rings. The van der Waals surface area contributed by atoms with Gasteiger partial charge in [0, 0.05) is 22.3 Å². The lowest BCUT2D eigenvalue weighted by molar-refractivity contribution is -0.119. The summed E-state index contributed by atoms with van der Waals surface area (Å²) in [6, 6.07) is 5.11. The van der Waals surface area contributed by atoms with Gasteiger partial charge in [-0.05, 0) is 51.1 Å². The van der Waals surface area contributed by atoms with Crippen LogP contribution in [-0.2, 0) is 4.79 Å². The molecule has 2 heteroatoms. The maximum absolute atomic E-state index is 12.7. The minimum Gasteiger partial charge on any atom is -0.309 e. The number of rotatable bonds is 5. The van der Waals surface area contributed by atoms with Crippen molar-refractivity contribution in [1.29, 1.82) is 0 Å². The van der Waals surface area contributed by atoms with Crippen LogP contribution in [0.5, 0.6) is 0 Å². The van der Waals surface area contributed by atoms with Gasteiger partial charge in [-0.1, -0.05) is 32.0 Å². The molecule has 1 rings (SSSR count). The van der Waals surface area contributed by atoms with E-state index < -0.39 is 6.85 Å². The molecular weight excluding hydrogens is 234 g/mol. The van der Waals surface area contributed by atoms with Gasteiger partial charge in [0.15, 0.2) is 0 Å². The molecule has 0 aromatic heterocycles. The smallest absolute Gasteiger partial charge is 0.227 e. The topological polar surface area (TPSA) is 20.3 Å². The fourth-order valence-electron chi connectivity index (χ4n) is 2.18. The van der Waals surface area contributed by atoms with E-state index in [0.717, 1.165) is 12.0 Å². The van der Waals surface area contributed by atoms with Gasteiger partial charge in [0.25, 0.3) is 0 Å². The number of amides is 1. The largest absolute Gasteiger partial charge is 0.309 e. The van der Waals surface area contributed by atoms with Gasteiger partial charge in [0.2, 0.25) is 5.91 Å². The molecule has 19 heavy (non-hydrogen) atoms. The molecule has 0 fully saturated rings. The predicted octanol–water partition coefficient (Wildman–Crippen LogP) is 4.48. The van der Waals surface area contributed by atoms with Gasteiger partial charge in [0.05, 0.1) is 0 Å².